The average Bonchev–Trinajstić information content (AvgIpc) is 3.18. The SMILES string of the molecule is O=S(=O)(NCc1cccn2c(C34CCC(O)(CC3)CC4)nnc12)c1c(Cl)cccc1Cl. The van der Waals surface area contributed by atoms with Crippen LogP contribution in [0.5, 0.6) is 0 Å². The molecule has 10 heteroatoms. The number of sulfonamides is 1. The molecule has 0 saturated heterocycles. The van der Waals surface area contributed by atoms with Gasteiger partial charge in [-0.05, 0) is 56.7 Å². The van der Waals surface area contributed by atoms with Crippen molar-refractivity contribution in [2.75, 3.05) is 0 Å². The first kappa shape index (κ1) is 21.2. The van der Waals surface area contributed by atoms with Crippen molar-refractivity contribution < 1.29 is 13.5 Å². The molecule has 3 aliphatic rings. The second-order valence-electron chi connectivity index (χ2n) is 8.63. The van der Waals surface area contributed by atoms with Gasteiger partial charge in [0.1, 0.15) is 10.7 Å². The molecule has 0 atom stereocenters. The molecule has 164 valence electrons. The summed E-state index contributed by atoms with van der Waals surface area (Å²) in [4.78, 5) is -0.136. The van der Waals surface area contributed by atoms with Crippen molar-refractivity contribution in [1.29, 1.82) is 0 Å². The molecule has 2 N–H and O–H groups in total. The Morgan fingerprint density at radius 3 is 2.29 bits per heavy atom. The van der Waals surface area contributed by atoms with Gasteiger partial charge >= 0.3 is 0 Å². The lowest BCUT2D eigenvalue weighted by molar-refractivity contribution is -0.0682. The van der Waals surface area contributed by atoms with Crippen LogP contribution in [0.15, 0.2) is 41.4 Å². The predicted octanol–water partition coefficient (Wildman–Crippen LogP) is 3.85. The number of pyridine rings is 1. The van der Waals surface area contributed by atoms with Crippen LogP contribution in [0.4, 0.5) is 0 Å². The van der Waals surface area contributed by atoms with Crippen molar-refractivity contribution in [3.05, 3.63) is 58.0 Å². The molecular weight excluding hydrogens is 459 g/mol. The molecule has 0 spiro atoms. The first-order chi connectivity index (χ1) is 14.7. The van der Waals surface area contributed by atoms with E-state index in [9.17, 15) is 13.5 Å². The Hall–Kier alpha value is -1.71. The Bertz CT molecular complexity index is 1230. The second-order valence-corrected chi connectivity index (χ2v) is 11.1. The fourth-order valence-electron chi connectivity index (χ4n) is 4.96. The summed E-state index contributed by atoms with van der Waals surface area (Å²) in [6, 6.07) is 8.26. The van der Waals surface area contributed by atoms with Crippen LogP contribution < -0.4 is 4.72 Å². The molecule has 0 amide bonds. The number of fused-ring (bicyclic) bond motifs is 4. The molecule has 3 fully saturated rings. The summed E-state index contributed by atoms with van der Waals surface area (Å²) in [5.74, 6) is 0.892. The maximum Gasteiger partial charge on any atom is 0.243 e. The van der Waals surface area contributed by atoms with E-state index in [1.54, 1.807) is 6.07 Å². The number of nitrogens with one attached hydrogen (secondary N) is 1. The molecule has 0 radical (unpaired) electrons. The van der Waals surface area contributed by atoms with Crippen LogP contribution in [0.2, 0.25) is 10.0 Å². The summed E-state index contributed by atoms with van der Waals surface area (Å²) in [5, 5.41) is 19.6. The first-order valence-electron chi connectivity index (χ1n) is 10.2. The minimum Gasteiger partial charge on any atom is -0.390 e. The zero-order valence-corrected chi connectivity index (χ0v) is 19.0. The maximum atomic E-state index is 12.8. The summed E-state index contributed by atoms with van der Waals surface area (Å²) in [7, 11) is -3.92. The number of hydrogen-bond donors (Lipinski definition) is 2. The Kier molecular flexibility index (Phi) is 5.06. The Morgan fingerprint density at radius 2 is 1.65 bits per heavy atom. The summed E-state index contributed by atoms with van der Waals surface area (Å²) in [6.45, 7) is 0.0269. The molecule has 31 heavy (non-hydrogen) atoms. The smallest absolute Gasteiger partial charge is 0.243 e. The lowest BCUT2D eigenvalue weighted by atomic mass is 9.58. The fourth-order valence-corrected chi connectivity index (χ4v) is 7.10. The minimum atomic E-state index is -3.92. The number of halogens is 2. The van der Waals surface area contributed by atoms with Crippen LogP contribution in [-0.4, -0.2) is 33.7 Å². The van der Waals surface area contributed by atoms with E-state index >= 15 is 0 Å². The molecule has 6 rings (SSSR count). The topological polar surface area (TPSA) is 96.6 Å². The summed E-state index contributed by atoms with van der Waals surface area (Å²) in [5.41, 5.74) is 0.706. The number of rotatable bonds is 5. The van der Waals surface area contributed by atoms with Gasteiger partial charge in [0, 0.05) is 23.7 Å². The zero-order chi connectivity index (χ0) is 21.9. The van der Waals surface area contributed by atoms with E-state index in [1.165, 1.54) is 12.1 Å². The van der Waals surface area contributed by atoms with E-state index in [2.05, 4.69) is 14.9 Å². The van der Waals surface area contributed by atoms with Crippen molar-refractivity contribution in [2.45, 2.75) is 61.0 Å². The number of benzene rings is 1. The minimum absolute atomic E-state index is 0.0269. The van der Waals surface area contributed by atoms with Gasteiger partial charge in [-0.25, -0.2) is 13.1 Å². The maximum absolute atomic E-state index is 12.8. The first-order valence-corrected chi connectivity index (χ1v) is 12.5. The van der Waals surface area contributed by atoms with Crippen molar-refractivity contribution in [3.8, 4) is 0 Å². The summed E-state index contributed by atoms with van der Waals surface area (Å²) in [6.07, 6.45) is 6.89. The van der Waals surface area contributed by atoms with E-state index in [0.717, 1.165) is 44.3 Å². The van der Waals surface area contributed by atoms with Crippen molar-refractivity contribution in [2.24, 2.45) is 0 Å². The molecule has 7 nitrogen and oxygen atoms in total. The summed E-state index contributed by atoms with van der Waals surface area (Å²) >= 11 is 12.2. The molecule has 2 aromatic heterocycles. The zero-order valence-electron chi connectivity index (χ0n) is 16.7. The number of aliphatic hydroxyl groups is 1. The van der Waals surface area contributed by atoms with Gasteiger partial charge in [-0.3, -0.25) is 4.40 Å². The molecule has 0 unspecified atom stereocenters. The van der Waals surface area contributed by atoms with Gasteiger partial charge in [0.2, 0.25) is 10.0 Å². The predicted molar refractivity (Wildman–Crippen MR) is 118 cm³/mol. The van der Waals surface area contributed by atoms with Crippen LogP contribution in [0.3, 0.4) is 0 Å². The van der Waals surface area contributed by atoms with Crippen molar-refractivity contribution >= 4 is 38.9 Å². The average molecular weight is 481 g/mol. The van der Waals surface area contributed by atoms with E-state index in [-0.39, 0.29) is 26.9 Å². The largest absolute Gasteiger partial charge is 0.390 e. The molecule has 3 aliphatic carbocycles. The number of hydrogen-bond acceptors (Lipinski definition) is 5. The third kappa shape index (κ3) is 3.54. The molecule has 3 saturated carbocycles. The van der Waals surface area contributed by atoms with Gasteiger partial charge in [0.05, 0.1) is 15.6 Å². The molecule has 3 aromatic rings. The molecular formula is C21H22Cl2N4O3S. The number of nitrogens with zero attached hydrogens (tertiary/aromatic N) is 3. The molecule has 0 aliphatic heterocycles. The van der Waals surface area contributed by atoms with Gasteiger partial charge in [-0.1, -0.05) is 35.3 Å². The second kappa shape index (κ2) is 7.42. The highest BCUT2D eigenvalue weighted by Gasteiger charge is 2.50. The highest BCUT2D eigenvalue weighted by molar-refractivity contribution is 7.89. The van der Waals surface area contributed by atoms with Crippen molar-refractivity contribution in [3.63, 3.8) is 0 Å². The standard InChI is InChI=1S/C21H22Cl2N4O3S/c22-15-4-1-5-16(23)17(15)31(29,30)24-13-14-3-2-12-27-18(14)25-26-19(27)20-6-9-21(28,10-7-20)11-8-20/h1-5,12,24,28H,6-11,13H2. The monoisotopic (exact) mass is 480 g/mol. The highest BCUT2D eigenvalue weighted by Crippen LogP contribution is 2.53. The summed E-state index contributed by atoms with van der Waals surface area (Å²) < 4.78 is 30.2. The lowest BCUT2D eigenvalue weighted by Crippen LogP contribution is -2.48. The van der Waals surface area contributed by atoms with Crippen molar-refractivity contribution in [1.82, 2.24) is 19.3 Å². The molecule has 2 heterocycles. The molecule has 2 bridgehead atoms. The quantitative estimate of drug-likeness (QED) is 0.577. The Labute approximate surface area is 190 Å². The van der Waals surface area contributed by atoms with Gasteiger partial charge in [-0.15, -0.1) is 10.2 Å². The normalized spacial score (nSPS) is 25.9. The van der Waals surface area contributed by atoms with Gasteiger partial charge < -0.3 is 5.11 Å². The van der Waals surface area contributed by atoms with Crippen LogP contribution >= 0.6 is 23.2 Å². The fraction of sp³-hybridized carbons (Fsp3) is 0.429. The lowest BCUT2D eigenvalue weighted by Gasteiger charge is -2.49. The van der Waals surface area contributed by atoms with Gasteiger partial charge in [0.15, 0.2) is 5.65 Å². The van der Waals surface area contributed by atoms with E-state index in [4.69, 9.17) is 23.2 Å². The van der Waals surface area contributed by atoms with Crippen LogP contribution in [-0.2, 0) is 22.0 Å². The van der Waals surface area contributed by atoms with Gasteiger partial charge in [-0.2, -0.15) is 0 Å². The van der Waals surface area contributed by atoms with E-state index in [0.29, 0.717) is 11.2 Å². The van der Waals surface area contributed by atoms with Crippen LogP contribution in [0, 0.1) is 0 Å². The molecule has 1 aromatic carbocycles. The Morgan fingerprint density at radius 1 is 1.00 bits per heavy atom. The third-order valence-electron chi connectivity index (χ3n) is 6.84. The van der Waals surface area contributed by atoms with Crippen LogP contribution in [0.25, 0.3) is 5.65 Å². The van der Waals surface area contributed by atoms with Crippen LogP contribution in [0.1, 0.15) is 49.9 Å². The third-order valence-corrected chi connectivity index (χ3v) is 9.19. The highest BCUT2D eigenvalue weighted by atomic mass is 35.5. The Balaban J connectivity index is 1.45. The van der Waals surface area contributed by atoms with E-state index in [1.807, 2.05) is 22.7 Å². The van der Waals surface area contributed by atoms with Gasteiger partial charge in [0.25, 0.3) is 0 Å². The van der Waals surface area contributed by atoms with E-state index < -0.39 is 15.6 Å². The number of aromatic nitrogens is 3.